The van der Waals surface area contributed by atoms with Crippen molar-refractivity contribution in [2.75, 3.05) is 33.8 Å². The van der Waals surface area contributed by atoms with E-state index >= 15 is 0 Å². The van der Waals surface area contributed by atoms with Gasteiger partial charge < -0.3 is 14.7 Å². The smallest absolute Gasteiger partial charge is 0.247 e. The molecule has 1 aliphatic carbocycles. The molecule has 0 unspecified atom stereocenters. The third-order valence-electron chi connectivity index (χ3n) is 5.62. The van der Waals surface area contributed by atoms with Crippen LogP contribution in [0.4, 0.5) is 0 Å². The number of allylic oxidation sites excluding steroid dienone is 2. The molecule has 156 valence electrons. The summed E-state index contributed by atoms with van der Waals surface area (Å²) >= 11 is 0. The van der Waals surface area contributed by atoms with Crippen molar-refractivity contribution in [1.29, 1.82) is 0 Å². The van der Waals surface area contributed by atoms with E-state index in [0.717, 1.165) is 24.8 Å². The van der Waals surface area contributed by atoms with Gasteiger partial charge in [-0.1, -0.05) is 19.1 Å². The quantitative estimate of drug-likeness (QED) is 0.811. The van der Waals surface area contributed by atoms with Crippen LogP contribution in [0, 0.1) is 5.92 Å². The van der Waals surface area contributed by atoms with E-state index in [0.29, 0.717) is 18.8 Å². The SMILES string of the molecule is C[C@@H]1CN([C@@H](C)CO)S(=O)(=O)c2ccc(C3=CCCC3)cc2O[C@@H]1CN(C)C. The van der Waals surface area contributed by atoms with E-state index in [4.69, 9.17) is 4.74 Å². The molecule has 0 fully saturated rings. The second-order valence-electron chi connectivity index (χ2n) is 8.29. The largest absolute Gasteiger partial charge is 0.487 e. The van der Waals surface area contributed by atoms with E-state index < -0.39 is 16.1 Å². The second kappa shape index (κ2) is 8.53. The number of aliphatic hydroxyl groups excluding tert-OH is 1. The summed E-state index contributed by atoms with van der Waals surface area (Å²) in [5.41, 5.74) is 2.29. The van der Waals surface area contributed by atoms with E-state index in [9.17, 15) is 13.5 Å². The minimum absolute atomic E-state index is 0.0197. The summed E-state index contributed by atoms with van der Waals surface area (Å²) in [6, 6.07) is 4.94. The van der Waals surface area contributed by atoms with Crippen molar-refractivity contribution < 1.29 is 18.3 Å². The van der Waals surface area contributed by atoms with Gasteiger partial charge >= 0.3 is 0 Å². The average molecular weight is 409 g/mol. The van der Waals surface area contributed by atoms with Crippen molar-refractivity contribution in [2.45, 2.75) is 50.2 Å². The Labute approximate surface area is 168 Å². The Bertz CT molecular complexity index is 835. The van der Waals surface area contributed by atoms with E-state index in [1.54, 1.807) is 13.0 Å². The van der Waals surface area contributed by atoms with E-state index in [2.05, 4.69) is 11.0 Å². The van der Waals surface area contributed by atoms with Crippen molar-refractivity contribution >= 4 is 15.6 Å². The number of sulfonamides is 1. The van der Waals surface area contributed by atoms with Gasteiger partial charge in [0.25, 0.3) is 0 Å². The number of fused-ring (bicyclic) bond motifs is 1. The van der Waals surface area contributed by atoms with Gasteiger partial charge in [-0.15, -0.1) is 0 Å². The molecule has 3 rings (SSSR count). The molecule has 0 radical (unpaired) electrons. The first-order chi connectivity index (χ1) is 13.2. The van der Waals surface area contributed by atoms with Gasteiger partial charge in [-0.3, -0.25) is 0 Å². The maximum atomic E-state index is 13.4. The van der Waals surface area contributed by atoms with Gasteiger partial charge in [0.2, 0.25) is 10.0 Å². The number of aliphatic hydroxyl groups is 1. The predicted molar refractivity (Wildman–Crippen MR) is 111 cm³/mol. The maximum absolute atomic E-state index is 13.4. The summed E-state index contributed by atoms with van der Waals surface area (Å²) in [4.78, 5) is 2.24. The zero-order chi connectivity index (χ0) is 20.5. The van der Waals surface area contributed by atoms with Gasteiger partial charge in [0.05, 0.1) is 6.61 Å². The number of hydrogen-bond acceptors (Lipinski definition) is 5. The molecule has 28 heavy (non-hydrogen) atoms. The molecule has 1 aromatic rings. The topological polar surface area (TPSA) is 70.1 Å². The zero-order valence-corrected chi connectivity index (χ0v) is 18.1. The molecule has 0 bridgehead atoms. The third kappa shape index (κ3) is 4.27. The van der Waals surface area contributed by atoms with Gasteiger partial charge in [-0.05, 0) is 63.6 Å². The fourth-order valence-corrected chi connectivity index (χ4v) is 5.76. The van der Waals surface area contributed by atoms with Gasteiger partial charge in [0.1, 0.15) is 16.7 Å². The molecule has 3 atom stereocenters. The van der Waals surface area contributed by atoms with Crippen molar-refractivity contribution in [3.63, 3.8) is 0 Å². The van der Waals surface area contributed by atoms with Crippen LogP contribution in [0.15, 0.2) is 29.2 Å². The molecule has 0 amide bonds. The van der Waals surface area contributed by atoms with E-state index in [1.807, 2.05) is 33.2 Å². The van der Waals surface area contributed by atoms with Crippen molar-refractivity contribution in [2.24, 2.45) is 5.92 Å². The molecule has 1 N–H and O–H groups in total. The lowest BCUT2D eigenvalue weighted by Gasteiger charge is -2.37. The van der Waals surface area contributed by atoms with Gasteiger partial charge in [-0.25, -0.2) is 8.42 Å². The van der Waals surface area contributed by atoms with Crippen LogP contribution < -0.4 is 4.74 Å². The Kier molecular flexibility index (Phi) is 6.49. The Morgan fingerprint density at radius 2 is 2.11 bits per heavy atom. The van der Waals surface area contributed by atoms with Crippen LogP contribution in [0.2, 0.25) is 0 Å². The molecule has 0 aromatic heterocycles. The average Bonchev–Trinajstić information content (AvgIpc) is 3.18. The summed E-state index contributed by atoms with van der Waals surface area (Å²) in [6.07, 6.45) is 5.28. The number of likely N-dealkylation sites (N-methyl/N-ethyl adjacent to an activating group) is 1. The van der Waals surface area contributed by atoms with Gasteiger partial charge in [-0.2, -0.15) is 4.31 Å². The van der Waals surface area contributed by atoms with Gasteiger partial charge in [0.15, 0.2) is 0 Å². The normalized spacial score (nSPS) is 26.1. The number of rotatable bonds is 5. The first-order valence-electron chi connectivity index (χ1n) is 10.0. The zero-order valence-electron chi connectivity index (χ0n) is 17.3. The minimum Gasteiger partial charge on any atom is -0.487 e. The number of ether oxygens (including phenoxy) is 1. The van der Waals surface area contributed by atoms with Crippen LogP contribution in [0.3, 0.4) is 0 Å². The summed E-state index contributed by atoms with van der Waals surface area (Å²) in [7, 11) is 0.209. The summed E-state index contributed by atoms with van der Waals surface area (Å²) in [5, 5.41) is 9.66. The Morgan fingerprint density at radius 1 is 1.36 bits per heavy atom. The van der Waals surface area contributed by atoms with Crippen molar-refractivity contribution in [3.05, 3.63) is 29.8 Å². The molecule has 7 heteroatoms. The van der Waals surface area contributed by atoms with E-state index in [1.165, 1.54) is 9.88 Å². The Morgan fingerprint density at radius 3 is 2.71 bits per heavy atom. The van der Waals surface area contributed by atoms with Crippen LogP contribution in [-0.4, -0.2) is 68.7 Å². The highest BCUT2D eigenvalue weighted by Crippen LogP contribution is 2.37. The molecule has 0 spiro atoms. The molecule has 1 aliphatic heterocycles. The fraction of sp³-hybridized carbons (Fsp3) is 0.619. The molecule has 0 saturated heterocycles. The molecule has 6 nitrogen and oxygen atoms in total. The fourth-order valence-electron chi connectivity index (χ4n) is 3.94. The van der Waals surface area contributed by atoms with Crippen LogP contribution in [0.1, 0.15) is 38.7 Å². The molecule has 1 heterocycles. The highest BCUT2D eigenvalue weighted by molar-refractivity contribution is 7.89. The van der Waals surface area contributed by atoms with Crippen LogP contribution in [0.25, 0.3) is 5.57 Å². The lowest BCUT2D eigenvalue weighted by Crippen LogP contribution is -2.49. The summed E-state index contributed by atoms with van der Waals surface area (Å²) in [5.74, 6) is 0.396. The lowest BCUT2D eigenvalue weighted by molar-refractivity contribution is 0.0812. The molecule has 1 aromatic carbocycles. The minimum atomic E-state index is -3.76. The molecular formula is C21H32N2O4S. The standard InChI is InChI=1S/C21H32N2O4S/c1-15-12-23(16(2)14-24)28(25,26)21-10-9-18(17-7-5-6-8-17)11-19(21)27-20(15)13-22(3)4/h7,9-11,15-16,20,24H,5-6,8,12-14H2,1-4H3/t15-,16+,20-/m1/s1. The Balaban J connectivity index is 2.11. The van der Waals surface area contributed by atoms with Gasteiger partial charge in [0, 0.05) is 25.0 Å². The van der Waals surface area contributed by atoms with E-state index in [-0.39, 0.29) is 23.5 Å². The first-order valence-corrected chi connectivity index (χ1v) is 11.5. The molecule has 2 aliphatic rings. The maximum Gasteiger partial charge on any atom is 0.247 e. The number of benzene rings is 1. The number of nitrogens with zero attached hydrogens (tertiary/aromatic N) is 2. The monoisotopic (exact) mass is 408 g/mol. The van der Waals surface area contributed by atoms with Crippen LogP contribution in [0.5, 0.6) is 5.75 Å². The number of hydrogen-bond donors (Lipinski definition) is 1. The first kappa shape index (κ1) is 21.3. The lowest BCUT2D eigenvalue weighted by atomic mass is 10.0. The van der Waals surface area contributed by atoms with Crippen LogP contribution >= 0.6 is 0 Å². The highest BCUT2D eigenvalue weighted by atomic mass is 32.2. The highest BCUT2D eigenvalue weighted by Gasteiger charge is 2.38. The van der Waals surface area contributed by atoms with Crippen LogP contribution in [-0.2, 0) is 10.0 Å². The predicted octanol–water partition coefficient (Wildman–Crippen LogP) is 2.58. The third-order valence-corrected chi connectivity index (χ3v) is 7.64. The molecule has 0 saturated carbocycles. The second-order valence-corrected chi connectivity index (χ2v) is 10.1. The van der Waals surface area contributed by atoms with Crippen molar-refractivity contribution in [1.82, 2.24) is 9.21 Å². The summed E-state index contributed by atoms with van der Waals surface area (Å²) in [6.45, 7) is 4.54. The van der Waals surface area contributed by atoms with Crippen molar-refractivity contribution in [3.8, 4) is 5.75 Å². The molecular weight excluding hydrogens is 376 g/mol. The summed E-state index contributed by atoms with van der Waals surface area (Å²) < 4.78 is 34.5. The Hall–Kier alpha value is -1.41.